The summed E-state index contributed by atoms with van der Waals surface area (Å²) in [6.07, 6.45) is 8.40. The van der Waals surface area contributed by atoms with E-state index >= 15 is 0 Å². The summed E-state index contributed by atoms with van der Waals surface area (Å²) in [6, 6.07) is 1.96. The lowest BCUT2D eigenvalue weighted by atomic mass is 10.4. The molecule has 0 unspecified atom stereocenters. The third kappa shape index (κ3) is 5.29. The number of thioether (sulfide) groups is 1. The van der Waals surface area contributed by atoms with Gasteiger partial charge in [0.15, 0.2) is 0 Å². The van der Waals surface area contributed by atoms with Crippen LogP contribution in [0.25, 0.3) is 0 Å². The van der Waals surface area contributed by atoms with Gasteiger partial charge in [-0.15, -0.1) is 0 Å². The van der Waals surface area contributed by atoms with Crippen molar-refractivity contribution in [2.24, 2.45) is 0 Å². The molecule has 0 saturated heterocycles. The van der Waals surface area contributed by atoms with E-state index < -0.39 is 0 Å². The Bertz CT molecular complexity index is 211. The quantitative estimate of drug-likeness (QED) is 0.665. The normalized spacial score (nSPS) is 10.6. The molecule has 4 heteroatoms. The summed E-state index contributed by atoms with van der Waals surface area (Å²) in [6.45, 7) is 3.25. The van der Waals surface area contributed by atoms with Gasteiger partial charge in [0.1, 0.15) is 0 Å². The highest BCUT2D eigenvalue weighted by atomic mass is 32.2. The number of aromatic nitrogens is 2. The van der Waals surface area contributed by atoms with Crippen molar-refractivity contribution in [2.75, 3.05) is 25.1 Å². The molecular weight excluding hydrogens is 194 g/mol. The minimum Gasteiger partial charge on any atom is -0.317 e. The van der Waals surface area contributed by atoms with Crippen LogP contribution in [0.4, 0.5) is 0 Å². The predicted octanol–water partition coefficient (Wildman–Crippen LogP) is 1.62. The van der Waals surface area contributed by atoms with E-state index in [1.54, 1.807) is 0 Å². The summed E-state index contributed by atoms with van der Waals surface area (Å²) in [7, 11) is 0. The second-order valence-electron chi connectivity index (χ2n) is 3.22. The van der Waals surface area contributed by atoms with Crippen LogP contribution in [-0.4, -0.2) is 34.9 Å². The van der Waals surface area contributed by atoms with Crippen molar-refractivity contribution in [3.05, 3.63) is 18.5 Å². The van der Waals surface area contributed by atoms with Crippen molar-refractivity contribution in [1.82, 2.24) is 15.1 Å². The van der Waals surface area contributed by atoms with E-state index in [1.807, 2.05) is 34.9 Å². The molecule has 1 N–H and O–H groups in total. The minimum absolute atomic E-state index is 1.02. The van der Waals surface area contributed by atoms with Crippen molar-refractivity contribution in [3.63, 3.8) is 0 Å². The van der Waals surface area contributed by atoms with Crippen LogP contribution in [0.5, 0.6) is 0 Å². The third-order valence-electron chi connectivity index (χ3n) is 2.00. The molecule has 0 aliphatic rings. The van der Waals surface area contributed by atoms with Crippen LogP contribution in [0.1, 0.15) is 12.8 Å². The summed E-state index contributed by atoms with van der Waals surface area (Å²) >= 11 is 1.91. The van der Waals surface area contributed by atoms with Gasteiger partial charge in [0.2, 0.25) is 0 Å². The molecule has 0 bridgehead atoms. The Hall–Kier alpha value is -0.480. The molecule has 0 fully saturated rings. The molecule has 1 aromatic rings. The van der Waals surface area contributed by atoms with Crippen LogP contribution >= 0.6 is 11.8 Å². The van der Waals surface area contributed by atoms with Crippen molar-refractivity contribution in [3.8, 4) is 0 Å². The molecule has 0 aliphatic heterocycles. The zero-order valence-corrected chi connectivity index (χ0v) is 9.59. The molecule has 0 atom stereocenters. The fraction of sp³-hybridized carbons (Fsp3) is 0.700. The topological polar surface area (TPSA) is 29.9 Å². The van der Waals surface area contributed by atoms with E-state index in [1.165, 1.54) is 12.2 Å². The summed E-state index contributed by atoms with van der Waals surface area (Å²) < 4.78 is 1.98. The first-order valence-electron chi connectivity index (χ1n) is 5.10. The van der Waals surface area contributed by atoms with Crippen LogP contribution < -0.4 is 5.32 Å². The van der Waals surface area contributed by atoms with Crippen LogP contribution in [0.2, 0.25) is 0 Å². The molecule has 1 heterocycles. The van der Waals surface area contributed by atoms with Gasteiger partial charge in [0.05, 0.1) is 0 Å². The number of aryl methyl sites for hydroxylation is 1. The van der Waals surface area contributed by atoms with E-state index in [4.69, 9.17) is 0 Å². The van der Waals surface area contributed by atoms with Crippen LogP contribution in [-0.2, 0) is 6.54 Å². The first-order chi connectivity index (χ1) is 6.93. The Morgan fingerprint density at radius 3 is 2.93 bits per heavy atom. The predicted molar refractivity (Wildman–Crippen MR) is 62.7 cm³/mol. The van der Waals surface area contributed by atoms with Gasteiger partial charge in [-0.25, -0.2) is 0 Å². The molecular formula is C10H19N3S. The number of nitrogens with one attached hydrogen (secondary N) is 1. The lowest BCUT2D eigenvalue weighted by Gasteiger charge is -2.04. The highest BCUT2D eigenvalue weighted by Crippen LogP contribution is 1.93. The number of hydrogen-bond donors (Lipinski definition) is 1. The molecule has 1 rings (SSSR count). The molecule has 3 nitrogen and oxygen atoms in total. The zero-order chi connectivity index (χ0) is 10.1. The maximum atomic E-state index is 4.15. The highest BCUT2D eigenvalue weighted by molar-refractivity contribution is 7.98. The molecule has 1 aromatic heterocycles. The standard InChI is InChI=1S/C10H19N3S/c1-14-10-4-6-11-5-2-8-13-9-3-7-12-13/h3,7,9,11H,2,4-6,8,10H2,1H3. The lowest BCUT2D eigenvalue weighted by Crippen LogP contribution is -2.18. The van der Waals surface area contributed by atoms with Crippen LogP contribution in [0.3, 0.4) is 0 Å². The van der Waals surface area contributed by atoms with E-state index in [0.717, 1.165) is 26.1 Å². The molecule has 0 amide bonds. The Morgan fingerprint density at radius 2 is 2.21 bits per heavy atom. The second kappa shape index (κ2) is 7.88. The fourth-order valence-corrected chi connectivity index (χ4v) is 1.70. The summed E-state index contributed by atoms with van der Waals surface area (Å²) in [5.74, 6) is 1.26. The van der Waals surface area contributed by atoms with Gasteiger partial charge in [-0.1, -0.05) is 0 Å². The third-order valence-corrected chi connectivity index (χ3v) is 2.70. The average Bonchev–Trinajstić information content (AvgIpc) is 2.69. The molecule has 0 aromatic carbocycles. The van der Waals surface area contributed by atoms with Gasteiger partial charge >= 0.3 is 0 Å². The Labute approximate surface area is 90.3 Å². The minimum atomic E-state index is 1.02. The molecule has 14 heavy (non-hydrogen) atoms. The largest absolute Gasteiger partial charge is 0.317 e. The second-order valence-corrected chi connectivity index (χ2v) is 4.20. The first-order valence-corrected chi connectivity index (χ1v) is 6.50. The van der Waals surface area contributed by atoms with Gasteiger partial charge in [-0.3, -0.25) is 4.68 Å². The smallest absolute Gasteiger partial charge is 0.0489 e. The van der Waals surface area contributed by atoms with Crippen molar-refractivity contribution < 1.29 is 0 Å². The maximum Gasteiger partial charge on any atom is 0.0489 e. The maximum absolute atomic E-state index is 4.15. The number of nitrogens with zero attached hydrogens (tertiary/aromatic N) is 2. The molecule has 0 saturated carbocycles. The number of hydrogen-bond acceptors (Lipinski definition) is 3. The van der Waals surface area contributed by atoms with E-state index in [2.05, 4.69) is 16.7 Å². The van der Waals surface area contributed by atoms with Gasteiger partial charge < -0.3 is 5.32 Å². The Balaban J connectivity index is 1.85. The SMILES string of the molecule is CSCCCNCCCn1cccn1. The van der Waals surface area contributed by atoms with E-state index in [0.29, 0.717) is 0 Å². The first kappa shape index (κ1) is 11.6. The Kier molecular flexibility index (Phi) is 6.53. The molecule has 0 spiro atoms. The van der Waals surface area contributed by atoms with Gasteiger partial charge in [0, 0.05) is 18.9 Å². The van der Waals surface area contributed by atoms with Gasteiger partial charge in [-0.2, -0.15) is 16.9 Å². The van der Waals surface area contributed by atoms with Crippen molar-refractivity contribution >= 4 is 11.8 Å². The number of rotatable bonds is 8. The Morgan fingerprint density at radius 1 is 1.36 bits per heavy atom. The lowest BCUT2D eigenvalue weighted by molar-refractivity contribution is 0.543. The molecule has 0 radical (unpaired) electrons. The van der Waals surface area contributed by atoms with Crippen LogP contribution in [0.15, 0.2) is 18.5 Å². The zero-order valence-electron chi connectivity index (χ0n) is 8.78. The molecule has 80 valence electrons. The van der Waals surface area contributed by atoms with Crippen molar-refractivity contribution in [2.45, 2.75) is 19.4 Å². The fourth-order valence-electron chi connectivity index (χ4n) is 1.27. The van der Waals surface area contributed by atoms with Crippen LogP contribution in [0, 0.1) is 0 Å². The van der Waals surface area contributed by atoms with Gasteiger partial charge in [-0.05, 0) is 44.0 Å². The summed E-state index contributed by atoms with van der Waals surface area (Å²) in [5, 5.41) is 7.58. The monoisotopic (exact) mass is 213 g/mol. The summed E-state index contributed by atoms with van der Waals surface area (Å²) in [5.41, 5.74) is 0. The summed E-state index contributed by atoms with van der Waals surface area (Å²) in [4.78, 5) is 0. The van der Waals surface area contributed by atoms with E-state index in [9.17, 15) is 0 Å². The average molecular weight is 213 g/mol. The van der Waals surface area contributed by atoms with Gasteiger partial charge in [0.25, 0.3) is 0 Å². The van der Waals surface area contributed by atoms with Crippen molar-refractivity contribution in [1.29, 1.82) is 0 Å². The molecule has 0 aliphatic carbocycles. The highest BCUT2D eigenvalue weighted by Gasteiger charge is 1.91. The van der Waals surface area contributed by atoms with E-state index in [-0.39, 0.29) is 0 Å².